The maximum absolute atomic E-state index is 12.9. The van der Waals surface area contributed by atoms with E-state index < -0.39 is 11.0 Å². The lowest BCUT2D eigenvalue weighted by atomic mass is 9.98. The summed E-state index contributed by atoms with van der Waals surface area (Å²) >= 11 is 3.54. The van der Waals surface area contributed by atoms with E-state index in [-0.39, 0.29) is 12.5 Å². The Morgan fingerprint density at radius 3 is 2.69 bits per heavy atom. The lowest BCUT2D eigenvalue weighted by Gasteiger charge is -2.29. The fourth-order valence-electron chi connectivity index (χ4n) is 2.78. The van der Waals surface area contributed by atoms with Crippen LogP contribution in [0.4, 0.5) is 0 Å². The Kier molecular flexibility index (Phi) is 8.53. The minimum Gasteiger partial charge on any atom is -0.470 e. The number of hydrogen-bond acceptors (Lipinski definition) is 7. The predicted octanol–water partition coefficient (Wildman–Crippen LogP) is 3.76. The highest BCUT2D eigenvalue weighted by molar-refractivity contribution is 14.1. The number of thioether (sulfide) groups is 1. The summed E-state index contributed by atoms with van der Waals surface area (Å²) in [5.74, 6) is 0.356. The van der Waals surface area contributed by atoms with Crippen molar-refractivity contribution in [3.8, 4) is 5.75 Å². The number of rotatable bonds is 9. The van der Waals surface area contributed by atoms with Crippen molar-refractivity contribution in [3.05, 3.63) is 33.5 Å². The molecular weight excluding hydrogens is 505 g/mol. The van der Waals surface area contributed by atoms with Crippen molar-refractivity contribution in [2.24, 2.45) is 5.16 Å². The molecule has 1 aromatic carbocycles. The third-order valence-corrected chi connectivity index (χ3v) is 5.55. The van der Waals surface area contributed by atoms with Gasteiger partial charge < -0.3 is 19.6 Å². The Labute approximate surface area is 189 Å². The molecule has 0 bridgehead atoms. The smallest absolute Gasteiger partial charge is 0.272 e. The van der Waals surface area contributed by atoms with Gasteiger partial charge in [0.05, 0.1) is 17.7 Å². The van der Waals surface area contributed by atoms with Crippen LogP contribution < -0.4 is 10.1 Å². The molecule has 0 saturated carbocycles. The van der Waals surface area contributed by atoms with E-state index in [4.69, 9.17) is 14.3 Å². The number of ether oxygens (including phenoxy) is 2. The molecule has 2 aromatic rings. The van der Waals surface area contributed by atoms with Gasteiger partial charge in [-0.2, -0.15) is 0 Å². The minimum absolute atomic E-state index is 0.238. The van der Waals surface area contributed by atoms with Crippen LogP contribution in [0.3, 0.4) is 0 Å². The average Bonchev–Trinajstić information content (AvgIpc) is 2.65. The van der Waals surface area contributed by atoms with Crippen molar-refractivity contribution in [1.82, 2.24) is 10.3 Å². The lowest BCUT2D eigenvalue weighted by molar-refractivity contribution is -0.125. The van der Waals surface area contributed by atoms with Gasteiger partial charge in [0.25, 0.3) is 5.91 Å². The molecule has 1 amide bonds. The highest BCUT2D eigenvalue weighted by Gasteiger charge is 2.31. The maximum atomic E-state index is 12.9. The molecule has 0 aliphatic carbocycles. The number of nitrogens with zero attached hydrogens (tertiary/aromatic N) is 2. The number of oxime groups is 1. The first-order valence-corrected chi connectivity index (χ1v) is 11.2. The summed E-state index contributed by atoms with van der Waals surface area (Å²) in [5.41, 5.74) is 0.985. The van der Waals surface area contributed by atoms with Crippen LogP contribution in [0.15, 0.2) is 29.6 Å². The quantitative estimate of drug-likeness (QED) is 0.230. The normalized spacial score (nSPS) is 13.3. The first-order chi connectivity index (χ1) is 13.7. The van der Waals surface area contributed by atoms with Gasteiger partial charge in [-0.15, -0.1) is 11.8 Å². The number of hydrogen-bond donors (Lipinski definition) is 1. The van der Waals surface area contributed by atoms with Crippen LogP contribution in [0, 0.1) is 10.5 Å². The van der Waals surface area contributed by atoms with Crippen molar-refractivity contribution in [3.63, 3.8) is 0 Å². The van der Waals surface area contributed by atoms with E-state index in [0.29, 0.717) is 11.5 Å². The topological polar surface area (TPSA) is 82.0 Å². The fourth-order valence-corrected chi connectivity index (χ4v) is 3.73. The SMILES string of the molecule is COCC(=NOC)C(C)(C)NC(=O)C(Oc1cc(C)c2ncc(I)cc2c1)SC. The summed E-state index contributed by atoms with van der Waals surface area (Å²) in [7, 11) is 3.02. The van der Waals surface area contributed by atoms with Gasteiger partial charge >= 0.3 is 0 Å². The van der Waals surface area contributed by atoms with Gasteiger partial charge in [0.1, 0.15) is 18.6 Å². The number of benzene rings is 1. The van der Waals surface area contributed by atoms with Crippen LogP contribution in [0.2, 0.25) is 0 Å². The first-order valence-electron chi connectivity index (χ1n) is 8.88. The summed E-state index contributed by atoms with van der Waals surface area (Å²) < 4.78 is 12.2. The molecule has 9 heteroatoms. The third-order valence-electron chi connectivity index (χ3n) is 4.22. The van der Waals surface area contributed by atoms with Crippen molar-refractivity contribution in [2.45, 2.75) is 31.7 Å². The first kappa shape index (κ1) is 23.7. The van der Waals surface area contributed by atoms with E-state index in [0.717, 1.165) is 20.0 Å². The molecule has 29 heavy (non-hydrogen) atoms. The fraction of sp³-hybridized carbons (Fsp3) is 0.450. The molecule has 1 atom stereocenters. The van der Waals surface area contributed by atoms with Crippen molar-refractivity contribution < 1.29 is 19.1 Å². The van der Waals surface area contributed by atoms with Gasteiger partial charge in [-0.05, 0) is 73.4 Å². The number of fused-ring (bicyclic) bond motifs is 1. The zero-order chi connectivity index (χ0) is 21.6. The van der Waals surface area contributed by atoms with Crippen LogP contribution in [0.25, 0.3) is 10.9 Å². The Morgan fingerprint density at radius 2 is 2.07 bits per heavy atom. The van der Waals surface area contributed by atoms with E-state index in [1.807, 2.05) is 51.4 Å². The highest BCUT2D eigenvalue weighted by Crippen LogP contribution is 2.27. The zero-order valence-corrected chi connectivity index (χ0v) is 20.4. The molecule has 7 nitrogen and oxygen atoms in total. The van der Waals surface area contributed by atoms with E-state index in [1.54, 1.807) is 7.11 Å². The predicted molar refractivity (Wildman–Crippen MR) is 126 cm³/mol. The molecule has 0 saturated heterocycles. The summed E-state index contributed by atoms with van der Waals surface area (Å²) in [4.78, 5) is 22.3. The van der Waals surface area contributed by atoms with Crippen LogP contribution in [0.5, 0.6) is 5.75 Å². The zero-order valence-electron chi connectivity index (χ0n) is 17.4. The molecule has 0 aliphatic heterocycles. The van der Waals surface area contributed by atoms with Gasteiger partial charge in [-0.1, -0.05) is 5.16 Å². The summed E-state index contributed by atoms with van der Waals surface area (Å²) in [5, 5.41) is 7.93. The number of pyridine rings is 1. The largest absolute Gasteiger partial charge is 0.470 e. The molecule has 2 rings (SSSR count). The van der Waals surface area contributed by atoms with Crippen molar-refractivity contribution in [2.75, 3.05) is 27.1 Å². The second kappa shape index (κ2) is 10.4. The van der Waals surface area contributed by atoms with E-state index >= 15 is 0 Å². The second-order valence-electron chi connectivity index (χ2n) is 6.92. The summed E-state index contributed by atoms with van der Waals surface area (Å²) in [6.45, 7) is 5.89. The molecule has 1 unspecified atom stereocenters. The van der Waals surface area contributed by atoms with Crippen molar-refractivity contribution >= 4 is 56.9 Å². The Hall–Kier alpha value is -1.59. The number of methoxy groups -OCH3 is 1. The molecule has 0 spiro atoms. The number of amides is 1. The molecule has 1 aromatic heterocycles. The van der Waals surface area contributed by atoms with Gasteiger partial charge in [-0.3, -0.25) is 9.78 Å². The number of aromatic nitrogens is 1. The molecule has 0 radical (unpaired) electrons. The number of carbonyl (C=O) groups is 1. The van der Waals surface area contributed by atoms with Gasteiger partial charge in [0, 0.05) is 22.3 Å². The number of nitrogens with one attached hydrogen (secondary N) is 1. The molecule has 0 aliphatic rings. The molecular formula is C20H26IN3O4S. The van der Waals surface area contributed by atoms with E-state index in [1.165, 1.54) is 18.9 Å². The number of halogens is 1. The van der Waals surface area contributed by atoms with Gasteiger partial charge in [-0.25, -0.2) is 0 Å². The highest BCUT2D eigenvalue weighted by atomic mass is 127. The Bertz CT molecular complexity index is 905. The van der Waals surface area contributed by atoms with Crippen LogP contribution in [0.1, 0.15) is 19.4 Å². The summed E-state index contributed by atoms with van der Waals surface area (Å²) in [6.07, 6.45) is 3.66. The van der Waals surface area contributed by atoms with Crippen LogP contribution in [-0.2, 0) is 14.4 Å². The monoisotopic (exact) mass is 531 g/mol. The molecule has 158 valence electrons. The minimum atomic E-state index is -0.764. The lowest BCUT2D eigenvalue weighted by Crippen LogP contribution is -2.54. The van der Waals surface area contributed by atoms with E-state index in [9.17, 15) is 4.79 Å². The number of carbonyl (C=O) groups excluding carboxylic acids is 1. The summed E-state index contributed by atoms with van der Waals surface area (Å²) in [6, 6.07) is 5.84. The molecule has 1 heterocycles. The standard InChI is InChI=1S/C20H26IN3O4S/c1-12-7-15(9-13-8-14(21)10-22-17(12)13)28-19(29-6)18(25)23-20(2,3)16(11-26-4)24-27-5/h7-10,19H,11H2,1-6H3,(H,23,25). The molecule has 1 N–H and O–H groups in total. The second-order valence-corrected chi connectivity index (χ2v) is 9.06. The van der Waals surface area contributed by atoms with Crippen LogP contribution >= 0.6 is 34.4 Å². The van der Waals surface area contributed by atoms with Crippen LogP contribution in [-0.4, -0.2) is 54.7 Å². The average molecular weight is 531 g/mol. The van der Waals surface area contributed by atoms with Gasteiger partial charge in [0.2, 0.25) is 5.44 Å². The maximum Gasteiger partial charge on any atom is 0.272 e. The Morgan fingerprint density at radius 1 is 1.34 bits per heavy atom. The van der Waals surface area contributed by atoms with Gasteiger partial charge in [0.15, 0.2) is 0 Å². The third kappa shape index (κ3) is 6.19. The number of aryl methyl sites for hydroxylation is 1. The molecule has 0 fully saturated rings. The van der Waals surface area contributed by atoms with E-state index in [2.05, 4.69) is 38.0 Å². The Balaban J connectivity index is 2.22. The van der Waals surface area contributed by atoms with Crippen molar-refractivity contribution in [1.29, 1.82) is 0 Å².